The van der Waals surface area contributed by atoms with E-state index in [1.807, 2.05) is 18.2 Å². The van der Waals surface area contributed by atoms with Crippen molar-refractivity contribution in [3.05, 3.63) is 64.9 Å². The van der Waals surface area contributed by atoms with E-state index in [9.17, 15) is 0 Å². The molecule has 1 nitrogen and oxygen atoms in total. The van der Waals surface area contributed by atoms with Gasteiger partial charge in [-0.2, -0.15) is 0 Å². The first-order chi connectivity index (χ1) is 9.17. The molecule has 2 aromatic carbocycles. The van der Waals surface area contributed by atoms with Gasteiger partial charge in [-0.3, -0.25) is 0 Å². The summed E-state index contributed by atoms with van der Waals surface area (Å²) in [5.74, 6) is 0.941. The van der Waals surface area contributed by atoms with Gasteiger partial charge in [-0.15, -0.1) is 11.3 Å². The van der Waals surface area contributed by atoms with E-state index < -0.39 is 0 Å². The Morgan fingerprint density at radius 1 is 0.895 bits per heavy atom. The van der Waals surface area contributed by atoms with Crippen LogP contribution >= 0.6 is 11.3 Å². The van der Waals surface area contributed by atoms with Crippen LogP contribution in [0.2, 0.25) is 0 Å². The highest BCUT2D eigenvalue weighted by molar-refractivity contribution is 7.10. The summed E-state index contributed by atoms with van der Waals surface area (Å²) in [7, 11) is 0. The zero-order valence-electron chi connectivity index (χ0n) is 11.1. The third-order valence-electron chi connectivity index (χ3n) is 3.23. The largest absolute Gasteiger partial charge is 0.482 e. The van der Waals surface area contributed by atoms with Gasteiger partial charge in [-0.25, -0.2) is 0 Å². The molecule has 0 bridgehead atoms. The van der Waals surface area contributed by atoms with Gasteiger partial charge in [0.05, 0.1) is 0 Å². The molecule has 2 heteroatoms. The average Bonchev–Trinajstić information content (AvgIpc) is 2.93. The van der Waals surface area contributed by atoms with Crippen molar-refractivity contribution < 1.29 is 4.74 Å². The quantitative estimate of drug-likeness (QED) is 0.633. The van der Waals surface area contributed by atoms with Crippen molar-refractivity contribution >= 4 is 22.1 Å². The Labute approximate surface area is 117 Å². The highest BCUT2D eigenvalue weighted by Gasteiger charge is 2.24. The predicted molar refractivity (Wildman–Crippen MR) is 81.9 cm³/mol. The van der Waals surface area contributed by atoms with Crippen LogP contribution in [-0.2, 0) is 5.60 Å². The molecule has 0 aliphatic rings. The molecular weight excluding hydrogens is 252 g/mol. The summed E-state index contributed by atoms with van der Waals surface area (Å²) in [6.45, 7) is 4.22. The van der Waals surface area contributed by atoms with Crippen molar-refractivity contribution in [2.45, 2.75) is 19.4 Å². The van der Waals surface area contributed by atoms with Crippen LogP contribution in [0.3, 0.4) is 0 Å². The minimum absolute atomic E-state index is 0.307. The van der Waals surface area contributed by atoms with Crippen molar-refractivity contribution in [1.29, 1.82) is 0 Å². The topological polar surface area (TPSA) is 9.23 Å². The monoisotopic (exact) mass is 268 g/mol. The maximum Gasteiger partial charge on any atom is 0.137 e. The molecule has 0 fully saturated rings. The summed E-state index contributed by atoms with van der Waals surface area (Å²) in [5, 5.41) is 4.46. The molecule has 0 N–H and O–H groups in total. The van der Waals surface area contributed by atoms with Gasteiger partial charge in [-0.05, 0) is 36.7 Å². The minimum Gasteiger partial charge on any atom is -0.482 e. The van der Waals surface area contributed by atoms with Gasteiger partial charge in [0.25, 0.3) is 0 Å². The summed E-state index contributed by atoms with van der Waals surface area (Å²) in [6.07, 6.45) is 0. The third kappa shape index (κ3) is 2.36. The van der Waals surface area contributed by atoms with Crippen LogP contribution in [0.5, 0.6) is 5.75 Å². The first kappa shape index (κ1) is 12.2. The lowest BCUT2D eigenvalue weighted by atomic mass is 10.1. The van der Waals surface area contributed by atoms with Crippen LogP contribution in [-0.4, -0.2) is 0 Å². The molecule has 0 amide bonds. The maximum atomic E-state index is 6.27. The number of ether oxygens (including phenoxy) is 1. The van der Waals surface area contributed by atoms with Gasteiger partial charge in [0.15, 0.2) is 0 Å². The Morgan fingerprint density at radius 2 is 1.68 bits per heavy atom. The van der Waals surface area contributed by atoms with Crippen molar-refractivity contribution in [3.63, 3.8) is 0 Å². The van der Waals surface area contributed by atoms with E-state index in [-0.39, 0.29) is 5.60 Å². The first-order valence-electron chi connectivity index (χ1n) is 6.37. The molecule has 0 saturated heterocycles. The van der Waals surface area contributed by atoms with Gasteiger partial charge in [0.2, 0.25) is 0 Å². The van der Waals surface area contributed by atoms with Crippen LogP contribution in [0, 0.1) is 0 Å². The Balaban J connectivity index is 2.02. The molecule has 3 aromatic rings. The molecule has 0 unspecified atom stereocenters. The fourth-order valence-corrected chi connectivity index (χ4v) is 3.02. The van der Waals surface area contributed by atoms with E-state index in [2.05, 4.69) is 55.6 Å². The number of hydrogen-bond acceptors (Lipinski definition) is 2. The molecule has 0 saturated carbocycles. The summed E-state index contributed by atoms with van der Waals surface area (Å²) >= 11 is 1.73. The summed E-state index contributed by atoms with van der Waals surface area (Å²) in [4.78, 5) is 1.24. The Hall–Kier alpha value is -1.80. The number of fused-ring (bicyclic) bond motifs is 1. The molecule has 0 radical (unpaired) electrons. The van der Waals surface area contributed by atoms with Crippen LogP contribution < -0.4 is 4.74 Å². The molecule has 1 aromatic heterocycles. The summed E-state index contributed by atoms with van der Waals surface area (Å²) < 4.78 is 6.27. The second kappa shape index (κ2) is 4.71. The normalized spacial score (nSPS) is 11.7. The Kier molecular flexibility index (Phi) is 3.03. The third-order valence-corrected chi connectivity index (χ3v) is 4.40. The number of benzene rings is 2. The van der Waals surface area contributed by atoms with Gasteiger partial charge >= 0.3 is 0 Å². The zero-order valence-corrected chi connectivity index (χ0v) is 11.9. The van der Waals surface area contributed by atoms with E-state index in [4.69, 9.17) is 4.74 Å². The second-order valence-corrected chi connectivity index (χ2v) is 6.01. The van der Waals surface area contributed by atoms with Crippen molar-refractivity contribution in [2.75, 3.05) is 0 Å². The van der Waals surface area contributed by atoms with Gasteiger partial charge < -0.3 is 4.74 Å². The van der Waals surface area contributed by atoms with Gasteiger partial charge in [-0.1, -0.05) is 42.5 Å². The molecule has 96 valence electrons. The molecule has 0 aliphatic heterocycles. The predicted octanol–water partition coefficient (Wildman–Crippen LogP) is 5.22. The number of rotatable bonds is 3. The lowest BCUT2D eigenvalue weighted by Gasteiger charge is -2.26. The summed E-state index contributed by atoms with van der Waals surface area (Å²) in [5.41, 5.74) is -0.307. The standard InChI is InChI=1S/C17H16OS/c1-17(2,16-11-6-12-19-16)18-15-10-5-8-13-7-3-4-9-14(13)15/h3-12H,1-2H3. The molecule has 19 heavy (non-hydrogen) atoms. The first-order valence-corrected chi connectivity index (χ1v) is 7.25. The SMILES string of the molecule is CC(C)(Oc1cccc2ccccc12)c1cccs1. The molecule has 1 heterocycles. The summed E-state index contributed by atoms with van der Waals surface area (Å²) in [6, 6.07) is 18.7. The van der Waals surface area contributed by atoms with Crippen LogP contribution in [0.1, 0.15) is 18.7 Å². The minimum atomic E-state index is -0.307. The van der Waals surface area contributed by atoms with E-state index in [1.165, 1.54) is 10.3 Å². The molecule has 3 rings (SSSR count). The molecule has 0 atom stereocenters. The van der Waals surface area contributed by atoms with Crippen molar-refractivity contribution in [2.24, 2.45) is 0 Å². The highest BCUT2D eigenvalue weighted by Crippen LogP contribution is 2.34. The average molecular weight is 268 g/mol. The highest BCUT2D eigenvalue weighted by atomic mass is 32.1. The van der Waals surface area contributed by atoms with Crippen LogP contribution in [0.15, 0.2) is 60.0 Å². The fraction of sp³-hybridized carbons (Fsp3) is 0.176. The Bertz CT molecular complexity index is 678. The number of hydrogen-bond donors (Lipinski definition) is 0. The lowest BCUT2D eigenvalue weighted by molar-refractivity contribution is 0.115. The van der Waals surface area contributed by atoms with E-state index in [0.717, 1.165) is 11.1 Å². The molecular formula is C17H16OS. The molecule has 0 spiro atoms. The smallest absolute Gasteiger partial charge is 0.137 e. The maximum absolute atomic E-state index is 6.27. The van der Waals surface area contributed by atoms with Gasteiger partial charge in [0.1, 0.15) is 11.4 Å². The zero-order chi connectivity index (χ0) is 13.3. The second-order valence-electron chi connectivity index (χ2n) is 5.07. The van der Waals surface area contributed by atoms with Crippen LogP contribution in [0.25, 0.3) is 10.8 Å². The van der Waals surface area contributed by atoms with E-state index in [1.54, 1.807) is 11.3 Å². The fourth-order valence-electron chi connectivity index (χ4n) is 2.23. The van der Waals surface area contributed by atoms with Crippen molar-refractivity contribution in [1.82, 2.24) is 0 Å². The van der Waals surface area contributed by atoms with Crippen molar-refractivity contribution in [3.8, 4) is 5.75 Å². The Morgan fingerprint density at radius 3 is 2.47 bits per heavy atom. The van der Waals surface area contributed by atoms with Crippen LogP contribution in [0.4, 0.5) is 0 Å². The van der Waals surface area contributed by atoms with E-state index in [0.29, 0.717) is 0 Å². The van der Waals surface area contributed by atoms with Gasteiger partial charge in [0, 0.05) is 10.3 Å². The lowest BCUT2D eigenvalue weighted by Crippen LogP contribution is -2.23. The van der Waals surface area contributed by atoms with E-state index >= 15 is 0 Å². The molecule has 0 aliphatic carbocycles. The number of thiophene rings is 1.